The molecule has 1 aromatic heterocycles. The smallest absolute Gasteiger partial charge is 0.251 e. The Hall–Kier alpha value is -3.93. The largest absolute Gasteiger partial charge is 0.342 e. The third kappa shape index (κ3) is 4.22. The third-order valence-electron chi connectivity index (χ3n) is 4.81. The standard InChI is InChI=1S/C24H22N4O2/c1-17(25-24(30)18-10-4-2-5-11-18)23-27-20-14-8-9-15-21(20)28(23)16-22(29)26-19-12-6-3-7-13-19/h2-15,17H,16H2,1H3,(H,25,30)(H,26,29). The van der Waals surface area contributed by atoms with Gasteiger partial charge in [-0.05, 0) is 43.3 Å². The van der Waals surface area contributed by atoms with E-state index in [9.17, 15) is 9.59 Å². The fourth-order valence-electron chi connectivity index (χ4n) is 3.39. The molecule has 6 heteroatoms. The molecule has 0 aliphatic rings. The van der Waals surface area contributed by atoms with Crippen LogP contribution in [0.5, 0.6) is 0 Å². The second kappa shape index (κ2) is 8.61. The van der Waals surface area contributed by atoms with Gasteiger partial charge in [0.05, 0.1) is 17.1 Å². The molecule has 0 spiro atoms. The van der Waals surface area contributed by atoms with Gasteiger partial charge in [-0.3, -0.25) is 9.59 Å². The zero-order valence-corrected chi connectivity index (χ0v) is 16.6. The number of amides is 2. The molecular weight excluding hydrogens is 376 g/mol. The molecule has 6 nitrogen and oxygen atoms in total. The van der Waals surface area contributed by atoms with Crippen molar-refractivity contribution in [3.63, 3.8) is 0 Å². The van der Waals surface area contributed by atoms with Crippen LogP contribution in [0.4, 0.5) is 5.69 Å². The van der Waals surface area contributed by atoms with Crippen molar-refractivity contribution >= 4 is 28.5 Å². The lowest BCUT2D eigenvalue weighted by Crippen LogP contribution is -2.30. The lowest BCUT2D eigenvalue weighted by molar-refractivity contribution is -0.116. The Labute approximate surface area is 174 Å². The van der Waals surface area contributed by atoms with E-state index in [4.69, 9.17) is 0 Å². The van der Waals surface area contributed by atoms with Gasteiger partial charge in [-0.1, -0.05) is 48.5 Å². The van der Waals surface area contributed by atoms with Gasteiger partial charge >= 0.3 is 0 Å². The van der Waals surface area contributed by atoms with Crippen LogP contribution in [0.3, 0.4) is 0 Å². The number of benzene rings is 3. The summed E-state index contributed by atoms with van der Waals surface area (Å²) in [5.41, 5.74) is 2.94. The van der Waals surface area contributed by atoms with Crippen LogP contribution >= 0.6 is 0 Å². The SMILES string of the molecule is CC(NC(=O)c1ccccc1)c1nc2ccccc2n1CC(=O)Nc1ccccc1. The zero-order chi connectivity index (χ0) is 20.9. The Morgan fingerprint density at radius 1 is 0.900 bits per heavy atom. The molecule has 0 radical (unpaired) electrons. The summed E-state index contributed by atoms with van der Waals surface area (Å²) in [5.74, 6) is 0.284. The quantitative estimate of drug-likeness (QED) is 0.512. The molecule has 1 atom stereocenters. The molecule has 4 rings (SSSR count). The highest BCUT2D eigenvalue weighted by atomic mass is 16.2. The van der Waals surface area contributed by atoms with Crippen molar-refractivity contribution in [3.05, 3.63) is 96.3 Å². The van der Waals surface area contributed by atoms with Gasteiger partial charge in [-0.25, -0.2) is 4.98 Å². The molecule has 0 bridgehead atoms. The summed E-state index contributed by atoms with van der Waals surface area (Å²) in [7, 11) is 0. The van der Waals surface area contributed by atoms with Crippen LogP contribution in [-0.2, 0) is 11.3 Å². The van der Waals surface area contributed by atoms with Gasteiger partial charge in [0.25, 0.3) is 5.91 Å². The first kappa shape index (κ1) is 19.4. The molecule has 4 aromatic rings. The van der Waals surface area contributed by atoms with Crippen molar-refractivity contribution in [2.24, 2.45) is 0 Å². The molecule has 1 heterocycles. The highest BCUT2D eigenvalue weighted by molar-refractivity contribution is 5.94. The van der Waals surface area contributed by atoms with Crippen LogP contribution in [0, 0.1) is 0 Å². The number of anilines is 1. The molecule has 150 valence electrons. The number of para-hydroxylation sites is 3. The van der Waals surface area contributed by atoms with E-state index in [0.717, 1.165) is 16.7 Å². The first-order valence-corrected chi connectivity index (χ1v) is 9.78. The molecule has 2 N–H and O–H groups in total. The van der Waals surface area contributed by atoms with Gasteiger partial charge in [-0.2, -0.15) is 0 Å². The first-order chi connectivity index (χ1) is 14.6. The van der Waals surface area contributed by atoms with Crippen LogP contribution in [-0.4, -0.2) is 21.4 Å². The van der Waals surface area contributed by atoms with E-state index in [1.54, 1.807) is 12.1 Å². The predicted octanol–water partition coefficient (Wildman–Crippen LogP) is 4.17. The number of rotatable bonds is 6. The van der Waals surface area contributed by atoms with E-state index in [0.29, 0.717) is 11.4 Å². The van der Waals surface area contributed by atoms with E-state index < -0.39 is 0 Å². The molecule has 1 unspecified atom stereocenters. The van der Waals surface area contributed by atoms with Crippen LogP contribution in [0.1, 0.15) is 29.1 Å². The van der Waals surface area contributed by atoms with Gasteiger partial charge in [0.1, 0.15) is 12.4 Å². The molecule has 3 aromatic carbocycles. The Bertz CT molecular complexity index is 1170. The van der Waals surface area contributed by atoms with Crippen molar-refractivity contribution in [1.29, 1.82) is 0 Å². The second-order valence-electron chi connectivity index (χ2n) is 7.02. The minimum atomic E-state index is -0.380. The van der Waals surface area contributed by atoms with E-state index in [-0.39, 0.29) is 24.4 Å². The van der Waals surface area contributed by atoms with Crippen molar-refractivity contribution in [1.82, 2.24) is 14.9 Å². The van der Waals surface area contributed by atoms with E-state index in [2.05, 4.69) is 15.6 Å². The normalized spacial score (nSPS) is 11.8. The molecule has 0 saturated carbocycles. The number of imidazole rings is 1. The highest BCUT2D eigenvalue weighted by Crippen LogP contribution is 2.21. The molecule has 0 fully saturated rings. The minimum absolute atomic E-state index is 0.0935. The van der Waals surface area contributed by atoms with Gasteiger partial charge in [0, 0.05) is 11.3 Å². The van der Waals surface area contributed by atoms with Crippen LogP contribution in [0.15, 0.2) is 84.9 Å². The summed E-state index contributed by atoms with van der Waals surface area (Å²) in [4.78, 5) is 30.0. The molecule has 2 amide bonds. The lowest BCUT2D eigenvalue weighted by Gasteiger charge is -2.16. The molecule has 0 aliphatic carbocycles. The first-order valence-electron chi connectivity index (χ1n) is 9.78. The summed E-state index contributed by atoms with van der Waals surface area (Å²) in [6, 6.07) is 25.6. The van der Waals surface area contributed by atoms with Gasteiger partial charge < -0.3 is 15.2 Å². The molecule has 0 saturated heterocycles. The lowest BCUT2D eigenvalue weighted by atomic mass is 10.2. The maximum atomic E-state index is 12.7. The van der Waals surface area contributed by atoms with Gasteiger partial charge in [0.2, 0.25) is 5.91 Å². The fourth-order valence-corrected chi connectivity index (χ4v) is 3.39. The van der Waals surface area contributed by atoms with Crippen molar-refractivity contribution in [2.75, 3.05) is 5.32 Å². The number of nitrogens with zero attached hydrogens (tertiary/aromatic N) is 2. The maximum Gasteiger partial charge on any atom is 0.251 e. The summed E-state index contributed by atoms with van der Waals surface area (Å²) in [5, 5.41) is 5.89. The van der Waals surface area contributed by atoms with Crippen molar-refractivity contribution < 1.29 is 9.59 Å². The Kier molecular flexibility index (Phi) is 5.57. The van der Waals surface area contributed by atoms with Crippen LogP contribution in [0.25, 0.3) is 11.0 Å². The van der Waals surface area contributed by atoms with Gasteiger partial charge in [0.15, 0.2) is 0 Å². The number of fused-ring (bicyclic) bond motifs is 1. The average Bonchev–Trinajstić information content (AvgIpc) is 3.13. The van der Waals surface area contributed by atoms with Crippen LogP contribution < -0.4 is 10.6 Å². The fraction of sp³-hybridized carbons (Fsp3) is 0.125. The summed E-state index contributed by atoms with van der Waals surface area (Å²) < 4.78 is 1.85. The number of nitrogens with one attached hydrogen (secondary N) is 2. The third-order valence-corrected chi connectivity index (χ3v) is 4.81. The van der Waals surface area contributed by atoms with E-state index >= 15 is 0 Å². The van der Waals surface area contributed by atoms with E-state index in [1.165, 1.54) is 0 Å². The monoisotopic (exact) mass is 398 g/mol. The molecule has 30 heavy (non-hydrogen) atoms. The van der Waals surface area contributed by atoms with Crippen molar-refractivity contribution in [2.45, 2.75) is 19.5 Å². The Morgan fingerprint density at radius 3 is 2.27 bits per heavy atom. The summed E-state index contributed by atoms with van der Waals surface area (Å²) >= 11 is 0. The van der Waals surface area contributed by atoms with Crippen LogP contribution in [0.2, 0.25) is 0 Å². The minimum Gasteiger partial charge on any atom is -0.342 e. The Balaban J connectivity index is 1.59. The van der Waals surface area contributed by atoms with Crippen molar-refractivity contribution in [3.8, 4) is 0 Å². The number of aromatic nitrogens is 2. The number of hydrogen-bond donors (Lipinski definition) is 2. The van der Waals surface area contributed by atoms with E-state index in [1.807, 2.05) is 84.3 Å². The second-order valence-corrected chi connectivity index (χ2v) is 7.02. The Morgan fingerprint density at radius 2 is 1.53 bits per heavy atom. The topological polar surface area (TPSA) is 76.0 Å². The number of carbonyl (C=O) groups excluding carboxylic acids is 2. The molecule has 0 aliphatic heterocycles. The maximum absolute atomic E-state index is 12.7. The molecular formula is C24H22N4O2. The summed E-state index contributed by atoms with van der Waals surface area (Å²) in [6.45, 7) is 1.96. The number of carbonyl (C=O) groups is 2. The number of hydrogen-bond acceptors (Lipinski definition) is 3. The average molecular weight is 398 g/mol. The summed E-state index contributed by atoms with van der Waals surface area (Å²) in [6.07, 6.45) is 0. The zero-order valence-electron chi connectivity index (χ0n) is 16.6. The predicted molar refractivity (Wildman–Crippen MR) is 117 cm³/mol. The highest BCUT2D eigenvalue weighted by Gasteiger charge is 2.20. The van der Waals surface area contributed by atoms with Gasteiger partial charge in [-0.15, -0.1) is 0 Å².